The number of nitrogens with zero attached hydrogens (tertiary/aromatic N) is 2. The van der Waals surface area contributed by atoms with Crippen molar-refractivity contribution in [3.8, 4) is 0 Å². The summed E-state index contributed by atoms with van der Waals surface area (Å²) >= 11 is 0. The van der Waals surface area contributed by atoms with E-state index in [1.165, 1.54) is 25.7 Å². The Labute approximate surface area is 135 Å². The van der Waals surface area contributed by atoms with Crippen molar-refractivity contribution in [1.82, 2.24) is 15.1 Å². The minimum atomic E-state index is 0. The first-order valence-electron chi connectivity index (χ1n) is 7.47. The van der Waals surface area contributed by atoms with E-state index < -0.39 is 0 Å². The van der Waals surface area contributed by atoms with Crippen molar-refractivity contribution in [3.05, 3.63) is 0 Å². The molecule has 0 radical (unpaired) electrons. The molecule has 1 N–H and O–H groups in total. The number of halogens is 2. The fourth-order valence-electron chi connectivity index (χ4n) is 3.18. The third kappa shape index (κ3) is 5.76. The molecule has 6 heteroatoms. The number of amides is 1. The van der Waals surface area contributed by atoms with Gasteiger partial charge in [0.2, 0.25) is 5.91 Å². The number of hydrogen-bond donors (Lipinski definition) is 1. The summed E-state index contributed by atoms with van der Waals surface area (Å²) in [5.41, 5.74) is 0. The maximum atomic E-state index is 12.0. The van der Waals surface area contributed by atoms with Crippen LogP contribution in [0.3, 0.4) is 0 Å². The van der Waals surface area contributed by atoms with Crippen LogP contribution in [-0.4, -0.2) is 61.5 Å². The average Bonchev–Trinajstić information content (AvgIpc) is 2.93. The molecule has 1 aliphatic carbocycles. The summed E-state index contributed by atoms with van der Waals surface area (Å²) in [5.74, 6) is 0.344. The summed E-state index contributed by atoms with van der Waals surface area (Å²) in [7, 11) is 1.94. The largest absolute Gasteiger partial charge is 0.340 e. The van der Waals surface area contributed by atoms with Crippen molar-refractivity contribution in [3.63, 3.8) is 0 Å². The molecule has 0 unspecified atom stereocenters. The number of hydrogen-bond acceptors (Lipinski definition) is 3. The SMILES string of the molecule is CNCCCC(=O)N1CCN(C2CCCC2)CC1.Cl.Cl. The van der Waals surface area contributed by atoms with Crippen molar-refractivity contribution in [2.24, 2.45) is 0 Å². The molecule has 1 heterocycles. The normalized spacial score (nSPS) is 20.4. The van der Waals surface area contributed by atoms with Crippen LogP contribution in [0.5, 0.6) is 0 Å². The van der Waals surface area contributed by atoms with Gasteiger partial charge in [-0.2, -0.15) is 0 Å². The molecule has 120 valence electrons. The minimum absolute atomic E-state index is 0. The van der Waals surface area contributed by atoms with Gasteiger partial charge in [0.25, 0.3) is 0 Å². The third-order valence-corrected chi connectivity index (χ3v) is 4.33. The molecule has 2 rings (SSSR count). The Bertz CT molecular complexity index is 265. The Hall–Kier alpha value is -0.0300. The molecule has 1 aliphatic heterocycles. The Balaban J connectivity index is 0.00000180. The summed E-state index contributed by atoms with van der Waals surface area (Å²) in [6.45, 7) is 4.99. The molecular weight excluding hydrogens is 297 g/mol. The zero-order valence-corrected chi connectivity index (χ0v) is 14.1. The molecular formula is C14H29Cl2N3O. The van der Waals surface area contributed by atoms with E-state index >= 15 is 0 Å². The topological polar surface area (TPSA) is 35.6 Å². The third-order valence-electron chi connectivity index (χ3n) is 4.33. The Morgan fingerprint density at radius 3 is 2.25 bits per heavy atom. The summed E-state index contributed by atoms with van der Waals surface area (Å²) in [4.78, 5) is 16.6. The number of carbonyl (C=O) groups is 1. The Kier molecular flexibility index (Phi) is 10.6. The van der Waals surface area contributed by atoms with Crippen LogP contribution in [0.4, 0.5) is 0 Å². The van der Waals surface area contributed by atoms with Crippen molar-refractivity contribution in [2.75, 3.05) is 39.8 Å². The number of rotatable bonds is 5. The van der Waals surface area contributed by atoms with Crippen LogP contribution in [0.15, 0.2) is 0 Å². The van der Waals surface area contributed by atoms with Gasteiger partial charge in [0.15, 0.2) is 0 Å². The molecule has 0 bridgehead atoms. The first-order valence-corrected chi connectivity index (χ1v) is 7.47. The zero-order valence-electron chi connectivity index (χ0n) is 12.5. The van der Waals surface area contributed by atoms with E-state index in [0.29, 0.717) is 12.3 Å². The maximum absolute atomic E-state index is 12.0. The molecule has 0 aromatic carbocycles. The van der Waals surface area contributed by atoms with Crippen molar-refractivity contribution >= 4 is 30.7 Å². The molecule has 0 spiro atoms. The van der Waals surface area contributed by atoms with Gasteiger partial charge in [0, 0.05) is 38.6 Å². The van der Waals surface area contributed by atoms with Crippen molar-refractivity contribution in [1.29, 1.82) is 0 Å². The van der Waals surface area contributed by atoms with Gasteiger partial charge in [-0.3, -0.25) is 9.69 Å². The molecule has 0 aromatic heterocycles. The second kappa shape index (κ2) is 10.7. The second-order valence-electron chi connectivity index (χ2n) is 5.56. The molecule has 2 fully saturated rings. The fraction of sp³-hybridized carbons (Fsp3) is 0.929. The van der Waals surface area contributed by atoms with Crippen LogP contribution >= 0.6 is 24.8 Å². The second-order valence-corrected chi connectivity index (χ2v) is 5.56. The fourth-order valence-corrected chi connectivity index (χ4v) is 3.18. The highest BCUT2D eigenvalue weighted by molar-refractivity contribution is 5.85. The molecule has 0 atom stereocenters. The molecule has 1 saturated carbocycles. The van der Waals surface area contributed by atoms with Gasteiger partial charge in [-0.05, 0) is 32.9 Å². The van der Waals surface area contributed by atoms with E-state index in [1.807, 2.05) is 7.05 Å². The Morgan fingerprint density at radius 1 is 1.10 bits per heavy atom. The molecule has 2 aliphatic rings. The van der Waals surface area contributed by atoms with Gasteiger partial charge in [-0.25, -0.2) is 0 Å². The van der Waals surface area contributed by atoms with Gasteiger partial charge < -0.3 is 10.2 Å². The molecule has 20 heavy (non-hydrogen) atoms. The molecule has 0 aromatic rings. The average molecular weight is 326 g/mol. The standard InChI is InChI=1S/C14H27N3O.2ClH/c1-15-8-4-7-14(18)17-11-9-16(10-12-17)13-5-2-3-6-13;;/h13,15H,2-12H2,1H3;2*1H. The zero-order chi connectivity index (χ0) is 12.8. The number of piperazine rings is 1. The lowest BCUT2D eigenvalue weighted by Crippen LogP contribution is -2.51. The molecule has 4 nitrogen and oxygen atoms in total. The van der Waals surface area contributed by atoms with Crippen LogP contribution in [0, 0.1) is 0 Å². The monoisotopic (exact) mass is 325 g/mol. The highest BCUT2D eigenvalue weighted by atomic mass is 35.5. The van der Waals surface area contributed by atoms with Gasteiger partial charge in [0.05, 0.1) is 0 Å². The van der Waals surface area contributed by atoms with Crippen LogP contribution in [0.1, 0.15) is 38.5 Å². The number of nitrogens with one attached hydrogen (secondary N) is 1. The predicted octanol–water partition coefficient (Wildman–Crippen LogP) is 1.92. The minimum Gasteiger partial charge on any atom is -0.340 e. The lowest BCUT2D eigenvalue weighted by molar-refractivity contribution is -0.133. The summed E-state index contributed by atoms with van der Waals surface area (Å²) in [6, 6.07) is 0.812. The first kappa shape index (κ1) is 20.0. The molecule has 1 saturated heterocycles. The van der Waals surface area contributed by atoms with Crippen molar-refractivity contribution < 1.29 is 4.79 Å². The van der Waals surface area contributed by atoms with E-state index in [1.54, 1.807) is 0 Å². The predicted molar refractivity (Wildman–Crippen MR) is 88.1 cm³/mol. The van der Waals surface area contributed by atoms with E-state index in [2.05, 4.69) is 15.1 Å². The summed E-state index contributed by atoms with van der Waals surface area (Å²) < 4.78 is 0. The summed E-state index contributed by atoms with van der Waals surface area (Å²) in [5, 5.41) is 3.09. The van der Waals surface area contributed by atoms with Crippen molar-refractivity contribution in [2.45, 2.75) is 44.6 Å². The van der Waals surface area contributed by atoms with Crippen LogP contribution in [-0.2, 0) is 4.79 Å². The van der Waals surface area contributed by atoms with Gasteiger partial charge in [-0.15, -0.1) is 24.8 Å². The highest BCUT2D eigenvalue weighted by Gasteiger charge is 2.27. The van der Waals surface area contributed by atoms with E-state index in [-0.39, 0.29) is 24.8 Å². The van der Waals surface area contributed by atoms with E-state index in [4.69, 9.17) is 0 Å². The van der Waals surface area contributed by atoms with Crippen LogP contribution < -0.4 is 5.32 Å². The lowest BCUT2D eigenvalue weighted by atomic mass is 10.1. The van der Waals surface area contributed by atoms with Crippen LogP contribution in [0.25, 0.3) is 0 Å². The smallest absolute Gasteiger partial charge is 0.222 e. The Morgan fingerprint density at radius 2 is 1.70 bits per heavy atom. The quantitative estimate of drug-likeness (QED) is 0.784. The number of carbonyl (C=O) groups excluding carboxylic acids is 1. The van der Waals surface area contributed by atoms with E-state index in [0.717, 1.165) is 45.2 Å². The summed E-state index contributed by atoms with van der Waals surface area (Å²) in [6.07, 6.45) is 7.19. The lowest BCUT2D eigenvalue weighted by Gasteiger charge is -2.38. The highest BCUT2D eigenvalue weighted by Crippen LogP contribution is 2.24. The maximum Gasteiger partial charge on any atom is 0.222 e. The van der Waals surface area contributed by atoms with Gasteiger partial charge in [0.1, 0.15) is 0 Å². The first-order chi connectivity index (χ1) is 8.81. The van der Waals surface area contributed by atoms with Crippen LogP contribution in [0.2, 0.25) is 0 Å². The van der Waals surface area contributed by atoms with Gasteiger partial charge >= 0.3 is 0 Å². The van der Waals surface area contributed by atoms with E-state index in [9.17, 15) is 4.79 Å². The molecule has 1 amide bonds. The van der Waals surface area contributed by atoms with Gasteiger partial charge in [-0.1, -0.05) is 12.8 Å².